The van der Waals surface area contributed by atoms with Gasteiger partial charge in [-0.05, 0) is 49.2 Å². The molecule has 166 valence electrons. The third-order valence-electron chi connectivity index (χ3n) is 3.95. The molecule has 1 aromatic heterocycles. The maximum absolute atomic E-state index is 12.5. The first-order chi connectivity index (χ1) is 13.7. The summed E-state index contributed by atoms with van der Waals surface area (Å²) in [6.07, 6.45) is -11.3. The van der Waals surface area contributed by atoms with Gasteiger partial charge in [0.2, 0.25) is 0 Å². The highest BCUT2D eigenvalue weighted by Crippen LogP contribution is 2.37. The summed E-state index contributed by atoms with van der Waals surface area (Å²) in [6.45, 7) is 2.90. The topological polar surface area (TPSA) is 39.2 Å². The Morgan fingerprint density at radius 2 is 1.47 bits per heavy atom. The lowest BCUT2D eigenvalue weighted by Gasteiger charge is -2.17. The number of rotatable bonds is 4. The van der Waals surface area contributed by atoms with E-state index >= 15 is 0 Å². The largest absolute Gasteiger partial charge is 0.416 e. The number of methoxy groups -OCH3 is 1. The molecule has 0 saturated heterocycles. The molecule has 11 heteroatoms. The van der Waals surface area contributed by atoms with Crippen molar-refractivity contribution in [2.45, 2.75) is 38.7 Å². The van der Waals surface area contributed by atoms with Gasteiger partial charge in [-0.25, -0.2) is 8.78 Å². The van der Waals surface area contributed by atoms with Crippen LogP contribution in [0.5, 0.6) is 0 Å². The van der Waals surface area contributed by atoms with E-state index in [0.717, 1.165) is 6.07 Å². The fourth-order valence-electron chi connectivity index (χ4n) is 2.21. The first-order valence-electron chi connectivity index (χ1n) is 8.22. The number of alkyl halides is 8. The monoisotopic (exact) mass is 443 g/mol. The number of pyridine rings is 1. The lowest BCUT2D eigenvalue weighted by Crippen LogP contribution is -2.12. The van der Waals surface area contributed by atoms with Crippen LogP contribution < -0.4 is 0 Å². The van der Waals surface area contributed by atoms with Gasteiger partial charge < -0.3 is 4.74 Å². The molecule has 30 heavy (non-hydrogen) atoms. The van der Waals surface area contributed by atoms with Crippen molar-refractivity contribution in [3.05, 3.63) is 64.0 Å². The fourth-order valence-corrected chi connectivity index (χ4v) is 2.21. The standard InChI is InChI=1S/C11H10F6O.C8H7F2NO/c1-6(18-2)7-3-8(10(12,13)14)5-9(4-7)11(15,16)17;1-5-3-11-6(4-12)2-7(5)8(9)10/h3-6H,1-2H3;2-4,8H,1H3. The molecule has 0 amide bonds. The molecule has 2 aromatic rings. The SMILES string of the molecule is COC(C)c1cc(C(F)(F)F)cc(C(F)(F)F)c1.Cc1cnc(C=O)cc1C(F)F. The van der Waals surface area contributed by atoms with Gasteiger partial charge in [0.05, 0.1) is 17.2 Å². The maximum Gasteiger partial charge on any atom is 0.416 e. The second kappa shape index (κ2) is 9.96. The molecule has 0 aliphatic rings. The van der Waals surface area contributed by atoms with Crippen molar-refractivity contribution >= 4 is 6.29 Å². The molecule has 0 radical (unpaired) electrons. The van der Waals surface area contributed by atoms with Crippen molar-refractivity contribution in [3.63, 3.8) is 0 Å². The third-order valence-corrected chi connectivity index (χ3v) is 3.95. The summed E-state index contributed by atoms with van der Waals surface area (Å²) in [4.78, 5) is 13.8. The number of aryl methyl sites for hydroxylation is 1. The average Bonchev–Trinajstić information content (AvgIpc) is 2.66. The number of hydrogen-bond acceptors (Lipinski definition) is 3. The molecule has 0 N–H and O–H groups in total. The van der Waals surface area contributed by atoms with E-state index in [1.54, 1.807) is 0 Å². The Hall–Kier alpha value is -2.56. The van der Waals surface area contributed by atoms with E-state index in [0.29, 0.717) is 24.0 Å². The smallest absolute Gasteiger partial charge is 0.377 e. The first-order valence-corrected chi connectivity index (χ1v) is 8.22. The maximum atomic E-state index is 12.5. The Labute approximate surface area is 166 Å². The van der Waals surface area contributed by atoms with Gasteiger partial charge in [-0.2, -0.15) is 26.3 Å². The zero-order valence-electron chi connectivity index (χ0n) is 15.9. The summed E-state index contributed by atoms with van der Waals surface area (Å²) in [5.41, 5.74) is -2.54. The Kier molecular flexibility index (Phi) is 8.46. The molecule has 0 bridgehead atoms. The van der Waals surface area contributed by atoms with Gasteiger partial charge in [0, 0.05) is 18.9 Å². The second-order valence-corrected chi connectivity index (χ2v) is 6.10. The molecule has 0 saturated carbocycles. The van der Waals surface area contributed by atoms with E-state index in [2.05, 4.69) is 4.98 Å². The summed E-state index contributed by atoms with van der Waals surface area (Å²) >= 11 is 0. The van der Waals surface area contributed by atoms with Crippen LogP contribution in [-0.4, -0.2) is 18.4 Å². The fraction of sp³-hybridized carbons (Fsp3) is 0.368. The molecular weight excluding hydrogens is 426 g/mol. The number of halogens is 8. The molecule has 0 spiro atoms. The summed E-state index contributed by atoms with van der Waals surface area (Å²) in [7, 11) is 1.21. The van der Waals surface area contributed by atoms with Gasteiger partial charge >= 0.3 is 12.4 Å². The van der Waals surface area contributed by atoms with Gasteiger partial charge in [-0.15, -0.1) is 0 Å². The molecule has 0 fully saturated rings. The normalized spacial score (nSPS) is 12.9. The first kappa shape index (κ1) is 25.5. The number of hydrogen-bond donors (Lipinski definition) is 0. The van der Waals surface area contributed by atoms with Crippen LogP contribution in [0, 0.1) is 6.92 Å². The number of carbonyl (C=O) groups excluding carboxylic acids is 1. The van der Waals surface area contributed by atoms with E-state index in [4.69, 9.17) is 4.74 Å². The van der Waals surface area contributed by atoms with E-state index in [9.17, 15) is 39.9 Å². The minimum absolute atomic E-state index is 0.0379. The molecular formula is C19H17F8NO2. The van der Waals surface area contributed by atoms with Crippen LogP contribution in [0.4, 0.5) is 35.1 Å². The number of carbonyl (C=O) groups is 1. The molecule has 1 heterocycles. The zero-order valence-corrected chi connectivity index (χ0v) is 15.9. The number of aldehydes is 1. The second-order valence-electron chi connectivity index (χ2n) is 6.10. The van der Waals surface area contributed by atoms with Crippen LogP contribution in [0.1, 0.15) is 57.8 Å². The van der Waals surface area contributed by atoms with E-state index in [1.807, 2.05) is 0 Å². The van der Waals surface area contributed by atoms with Crippen molar-refractivity contribution < 1.29 is 44.7 Å². The molecule has 0 aliphatic heterocycles. The van der Waals surface area contributed by atoms with Crippen LogP contribution in [0.2, 0.25) is 0 Å². The van der Waals surface area contributed by atoms with Crippen molar-refractivity contribution in [2.24, 2.45) is 0 Å². The van der Waals surface area contributed by atoms with E-state index in [1.165, 1.54) is 27.2 Å². The summed E-state index contributed by atoms with van der Waals surface area (Å²) in [5.74, 6) is 0. The van der Waals surface area contributed by atoms with Crippen LogP contribution in [0.15, 0.2) is 30.5 Å². The lowest BCUT2D eigenvalue weighted by atomic mass is 10.0. The van der Waals surface area contributed by atoms with Gasteiger partial charge in [-0.3, -0.25) is 9.78 Å². The Balaban J connectivity index is 0.000000325. The van der Waals surface area contributed by atoms with Crippen molar-refractivity contribution in [1.29, 1.82) is 0 Å². The number of nitrogens with zero attached hydrogens (tertiary/aromatic N) is 1. The van der Waals surface area contributed by atoms with Crippen LogP contribution in [0.25, 0.3) is 0 Å². The minimum Gasteiger partial charge on any atom is -0.377 e. The number of aromatic nitrogens is 1. The molecule has 0 aliphatic carbocycles. The van der Waals surface area contributed by atoms with Crippen molar-refractivity contribution in [2.75, 3.05) is 7.11 Å². The van der Waals surface area contributed by atoms with Gasteiger partial charge in [0.15, 0.2) is 6.29 Å². The lowest BCUT2D eigenvalue weighted by molar-refractivity contribution is -0.143. The number of benzene rings is 1. The Bertz CT molecular complexity index is 830. The predicted octanol–water partition coefficient (Wildman–Crippen LogP) is 6.57. The molecule has 1 unspecified atom stereocenters. The number of ether oxygens (including phenoxy) is 1. The third kappa shape index (κ3) is 7.05. The summed E-state index contributed by atoms with van der Waals surface area (Å²) in [6, 6.07) is 2.51. The molecule has 1 atom stereocenters. The van der Waals surface area contributed by atoms with Gasteiger partial charge in [0.25, 0.3) is 6.43 Å². The Morgan fingerprint density at radius 1 is 0.967 bits per heavy atom. The van der Waals surface area contributed by atoms with Crippen LogP contribution in [-0.2, 0) is 17.1 Å². The van der Waals surface area contributed by atoms with Crippen molar-refractivity contribution in [3.8, 4) is 0 Å². The predicted molar refractivity (Wildman–Crippen MR) is 91.2 cm³/mol. The molecule has 2 rings (SSSR count). The quantitative estimate of drug-likeness (QED) is 0.396. The summed E-state index contributed by atoms with van der Waals surface area (Å²) in [5, 5.41) is 0. The van der Waals surface area contributed by atoms with Gasteiger partial charge in [-0.1, -0.05) is 0 Å². The van der Waals surface area contributed by atoms with Crippen molar-refractivity contribution in [1.82, 2.24) is 4.98 Å². The highest BCUT2D eigenvalue weighted by molar-refractivity contribution is 5.72. The van der Waals surface area contributed by atoms with E-state index in [-0.39, 0.29) is 22.9 Å². The van der Waals surface area contributed by atoms with E-state index < -0.39 is 36.0 Å². The highest BCUT2D eigenvalue weighted by atomic mass is 19.4. The summed E-state index contributed by atoms with van der Waals surface area (Å²) < 4.78 is 104. The average molecular weight is 443 g/mol. The zero-order chi connectivity index (χ0) is 23.3. The molecule has 3 nitrogen and oxygen atoms in total. The Morgan fingerprint density at radius 3 is 1.83 bits per heavy atom. The minimum atomic E-state index is -4.83. The van der Waals surface area contributed by atoms with Crippen LogP contribution in [0.3, 0.4) is 0 Å². The van der Waals surface area contributed by atoms with Crippen LogP contribution >= 0.6 is 0 Å². The highest BCUT2D eigenvalue weighted by Gasteiger charge is 2.37. The molecule has 1 aromatic carbocycles. The van der Waals surface area contributed by atoms with Gasteiger partial charge in [0.1, 0.15) is 5.69 Å².